The summed E-state index contributed by atoms with van der Waals surface area (Å²) in [6.07, 6.45) is 0.240. The molecule has 0 radical (unpaired) electrons. The highest BCUT2D eigenvalue weighted by Crippen LogP contribution is 2.38. The molecule has 0 saturated heterocycles. The Kier molecular flexibility index (Phi) is 7.05. The third kappa shape index (κ3) is 5.53. The van der Waals surface area contributed by atoms with Crippen molar-refractivity contribution in [3.63, 3.8) is 0 Å². The topological polar surface area (TPSA) is 42.0 Å². The molecule has 1 amide bonds. The third-order valence-electron chi connectivity index (χ3n) is 4.44. The Morgan fingerprint density at radius 1 is 1.04 bits per heavy atom. The zero-order chi connectivity index (χ0) is 20.1. The molecule has 150 valence electrons. The van der Waals surface area contributed by atoms with E-state index in [1.165, 1.54) is 0 Å². The summed E-state index contributed by atoms with van der Waals surface area (Å²) in [4.78, 5) is 17.0. The Morgan fingerprint density at radius 2 is 1.82 bits per heavy atom. The summed E-state index contributed by atoms with van der Waals surface area (Å²) in [7, 11) is 3.98. The first kappa shape index (κ1) is 20.8. The lowest BCUT2D eigenvalue weighted by Gasteiger charge is -2.25. The lowest BCUT2D eigenvalue weighted by atomic mass is 10.1. The summed E-state index contributed by atoms with van der Waals surface area (Å²) in [5.74, 6) is 1.17. The first-order chi connectivity index (χ1) is 13.4. The molecule has 0 aromatic heterocycles. The van der Waals surface area contributed by atoms with E-state index in [-0.39, 0.29) is 12.3 Å². The second-order valence-corrected chi connectivity index (χ2v) is 7.87. The minimum Gasteiger partial charge on any atom is -0.486 e. The van der Waals surface area contributed by atoms with E-state index in [1.54, 1.807) is 6.07 Å². The van der Waals surface area contributed by atoms with Gasteiger partial charge in [0.2, 0.25) is 5.91 Å². The molecule has 0 N–H and O–H groups in total. The van der Waals surface area contributed by atoms with Gasteiger partial charge in [0.1, 0.15) is 13.2 Å². The molecule has 28 heavy (non-hydrogen) atoms. The molecule has 0 atom stereocenters. The Morgan fingerprint density at radius 3 is 2.57 bits per heavy atom. The number of hydrogen-bond acceptors (Lipinski definition) is 4. The smallest absolute Gasteiger partial charge is 0.227 e. The molecule has 0 saturated carbocycles. The van der Waals surface area contributed by atoms with Gasteiger partial charge in [0.15, 0.2) is 11.5 Å². The fraction of sp³-hybridized carbons (Fsp3) is 0.381. The van der Waals surface area contributed by atoms with Crippen LogP contribution in [-0.2, 0) is 17.8 Å². The van der Waals surface area contributed by atoms with Crippen LogP contribution < -0.4 is 9.47 Å². The second-order valence-electron chi connectivity index (χ2n) is 7.03. The van der Waals surface area contributed by atoms with E-state index in [9.17, 15) is 4.79 Å². The molecule has 1 aliphatic rings. The van der Waals surface area contributed by atoms with Crippen LogP contribution in [0.25, 0.3) is 0 Å². The molecule has 5 nitrogen and oxygen atoms in total. The standard InChI is InChI=1S/C21H24Cl2N2O3/c1-24(2)6-7-25(14-15-4-3-5-17(22)10-15)20(26)13-16-11-18(23)21-19(12-16)27-8-9-28-21/h3-5,10-12H,6-9,13-14H2,1-2H3. The predicted molar refractivity (Wildman–Crippen MR) is 112 cm³/mol. The molecule has 1 heterocycles. The van der Waals surface area contributed by atoms with Crippen LogP contribution in [-0.4, -0.2) is 56.1 Å². The molecule has 2 aromatic carbocycles. The highest BCUT2D eigenvalue weighted by molar-refractivity contribution is 6.32. The van der Waals surface area contributed by atoms with Gasteiger partial charge in [0.05, 0.1) is 11.4 Å². The van der Waals surface area contributed by atoms with Crippen molar-refractivity contribution in [1.29, 1.82) is 0 Å². The van der Waals surface area contributed by atoms with E-state index in [0.717, 1.165) is 17.7 Å². The van der Waals surface area contributed by atoms with Crippen molar-refractivity contribution in [1.82, 2.24) is 9.80 Å². The Hall–Kier alpha value is -1.95. The van der Waals surface area contributed by atoms with Gasteiger partial charge in [-0.3, -0.25) is 4.79 Å². The molecule has 7 heteroatoms. The molecular weight excluding hydrogens is 399 g/mol. The normalized spacial score (nSPS) is 12.9. The van der Waals surface area contributed by atoms with Gasteiger partial charge in [-0.05, 0) is 49.5 Å². The number of carbonyl (C=O) groups is 1. The summed E-state index contributed by atoms with van der Waals surface area (Å²) in [5.41, 5.74) is 1.81. The summed E-state index contributed by atoms with van der Waals surface area (Å²) < 4.78 is 11.2. The molecule has 0 spiro atoms. The summed E-state index contributed by atoms with van der Waals surface area (Å²) >= 11 is 12.4. The lowest BCUT2D eigenvalue weighted by molar-refractivity contribution is -0.131. The quantitative estimate of drug-likeness (QED) is 0.678. The molecular formula is C21H24Cl2N2O3. The van der Waals surface area contributed by atoms with Gasteiger partial charge in [0.25, 0.3) is 0 Å². The van der Waals surface area contributed by atoms with Crippen molar-refractivity contribution in [3.05, 3.63) is 57.6 Å². The second kappa shape index (κ2) is 9.50. The number of rotatable bonds is 7. The zero-order valence-corrected chi connectivity index (χ0v) is 17.6. The number of halogens is 2. The van der Waals surface area contributed by atoms with Gasteiger partial charge < -0.3 is 19.3 Å². The highest BCUT2D eigenvalue weighted by atomic mass is 35.5. The number of hydrogen-bond donors (Lipinski definition) is 0. The number of amides is 1. The molecule has 0 unspecified atom stereocenters. The maximum Gasteiger partial charge on any atom is 0.227 e. The van der Waals surface area contributed by atoms with Crippen molar-refractivity contribution < 1.29 is 14.3 Å². The Labute approximate surface area is 175 Å². The van der Waals surface area contributed by atoms with Crippen LogP contribution in [0.3, 0.4) is 0 Å². The Bertz CT molecular complexity index is 842. The van der Waals surface area contributed by atoms with Crippen LogP contribution in [0.4, 0.5) is 0 Å². The predicted octanol–water partition coefficient (Wildman–Crippen LogP) is 3.90. The summed E-state index contributed by atoms with van der Waals surface area (Å²) in [5, 5.41) is 1.13. The van der Waals surface area contributed by atoms with Gasteiger partial charge in [-0.1, -0.05) is 35.3 Å². The molecule has 0 bridgehead atoms. The van der Waals surface area contributed by atoms with E-state index in [4.69, 9.17) is 32.7 Å². The third-order valence-corrected chi connectivity index (χ3v) is 4.96. The average molecular weight is 423 g/mol. The largest absolute Gasteiger partial charge is 0.486 e. The number of fused-ring (bicyclic) bond motifs is 1. The van der Waals surface area contributed by atoms with Crippen LogP contribution >= 0.6 is 23.2 Å². The van der Waals surface area contributed by atoms with Crippen LogP contribution in [0.5, 0.6) is 11.5 Å². The fourth-order valence-corrected chi connectivity index (χ4v) is 3.52. The molecule has 2 aromatic rings. The minimum atomic E-state index is 0.0227. The highest BCUT2D eigenvalue weighted by Gasteiger charge is 2.20. The van der Waals surface area contributed by atoms with Gasteiger partial charge in [-0.2, -0.15) is 0 Å². The number of ether oxygens (including phenoxy) is 2. The Balaban J connectivity index is 1.76. The van der Waals surface area contributed by atoms with Crippen molar-refractivity contribution in [2.24, 2.45) is 0 Å². The SMILES string of the molecule is CN(C)CCN(Cc1cccc(Cl)c1)C(=O)Cc1cc(Cl)c2c(c1)OCCO2. The summed E-state index contributed by atoms with van der Waals surface area (Å²) in [6, 6.07) is 11.2. The summed E-state index contributed by atoms with van der Waals surface area (Å²) in [6.45, 7) is 2.85. The number of carbonyl (C=O) groups excluding carboxylic acids is 1. The first-order valence-corrected chi connectivity index (χ1v) is 9.93. The van der Waals surface area contributed by atoms with Crippen LogP contribution in [0, 0.1) is 0 Å². The number of nitrogens with zero attached hydrogens (tertiary/aromatic N) is 2. The number of likely N-dealkylation sites (N-methyl/N-ethyl adjacent to an activating group) is 1. The molecule has 0 fully saturated rings. The average Bonchev–Trinajstić information content (AvgIpc) is 2.65. The van der Waals surface area contributed by atoms with Crippen molar-refractivity contribution in [2.45, 2.75) is 13.0 Å². The molecule has 1 aliphatic heterocycles. The first-order valence-electron chi connectivity index (χ1n) is 9.17. The monoisotopic (exact) mass is 422 g/mol. The van der Waals surface area contributed by atoms with Gasteiger partial charge in [-0.25, -0.2) is 0 Å². The zero-order valence-electron chi connectivity index (χ0n) is 16.1. The van der Waals surface area contributed by atoms with Gasteiger partial charge in [0, 0.05) is 24.7 Å². The van der Waals surface area contributed by atoms with E-state index >= 15 is 0 Å². The van der Waals surface area contributed by atoms with Crippen LogP contribution in [0.1, 0.15) is 11.1 Å². The van der Waals surface area contributed by atoms with Gasteiger partial charge in [-0.15, -0.1) is 0 Å². The number of benzene rings is 2. The van der Waals surface area contributed by atoms with E-state index in [1.807, 2.05) is 49.3 Å². The molecule has 0 aliphatic carbocycles. The maximum absolute atomic E-state index is 13.1. The van der Waals surface area contributed by atoms with Crippen molar-refractivity contribution in [2.75, 3.05) is 40.4 Å². The fourth-order valence-electron chi connectivity index (χ4n) is 3.02. The van der Waals surface area contributed by atoms with Crippen molar-refractivity contribution >= 4 is 29.1 Å². The maximum atomic E-state index is 13.1. The molecule has 3 rings (SSSR count). The van der Waals surface area contributed by atoms with Crippen LogP contribution in [0.2, 0.25) is 10.0 Å². The van der Waals surface area contributed by atoms with Gasteiger partial charge >= 0.3 is 0 Å². The van der Waals surface area contributed by atoms with Crippen LogP contribution in [0.15, 0.2) is 36.4 Å². The van der Waals surface area contributed by atoms with E-state index < -0.39 is 0 Å². The minimum absolute atomic E-state index is 0.0227. The van der Waals surface area contributed by atoms with Crippen molar-refractivity contribution in [3.8, 4) is 11.5 Å². The lowest BCUT2D eigenvalue weighted by Crippen LogP contribution is -2.37. The van der Waals surface area contributed by atoms with E-state index in [0.29, 0.717) is 47.8 Å². The van der Waals surface area contributed by atoms with E-state index in [2.05, 4.69) is 4.90 Å².